The van der Waals surface area contributed by atoms with Crippen LogP contribution in [0.2, 0.25) is 0 Å². The molecule has 1 N–H and O–H groups in total. The standard InChI is InChI=1S/C28H27N3O7/c32-25-12-11-17(14-23(25)31(36)37)15-24(30-27(34)20-8-2-3-9-21(20)28(30)35)26(33)29-22-10-4-1-6-18(22)16-19-7-5-13-38-19/h2-3,5,7-9,11-14,18,22,24,32H,1,4,6,10,15-16H2,(H,29,33)/p-1/t18-,22-,24+/m1/s1. The lowest BCUT2D eigenvalue weighted by molar-refractivity contribution is -0.398. The van der Waals surface area contributed by atoms with Gasteiger partial charge in [0.1, 0.15) is 11.8 Å². The van der Waals surface area contributed by atoms with Crippen LogP contribution in [0.25, 0.3) is 0 Å². The third-order valence-corrected chi connectivity index (χ3v) is 7.37. The average molecular weight is 517 g/mol. The van der Waals surface area contributed by atoms with Crippen molar-refractivity contribution in [1.29, 1.82) is 0 Å². The first-order valence-electron chi connectivity index (χ1n) is 12.6. The summed E-state index contributed by atoms with van der Waals surface area (Å²) in [4.78, 5) is 51.9. The van der Waals surface area contributed by atoms with Crippen LogP contribution in [0.5, 0.6) is 5.75 Å². The van der Waals surface area contributed by atoms with Crippen LogP contribution in [0.4, 0.5) is 5.69 Å². The summed E-state index contributed by atoms with van der Waals surface area (Å²) in [6.45, 7) is 0. The molecule has 0 radical (unpaired) electrons. The highest BCUT2D eigenvalue weighted by Gasteiger charge is 2.43. The van der Waals surface area contributed by atoms with Gasteiger partial charge in [0, 0.05) is 24.9 Å². The molecule has 0 bridgehead atoms. The number of furan rings is 1. The van der Waals surface area contributed by atoms with Gasteiger partial charge in [-0.15, -0.1) is 0 Å². The van der Waals surface area contributed by atoms with Gasteiger partial charge in [-0.1, -0.05) is 37.1 Å². The van der Waals surface area contributed by atoms with Gasteiger partial charge in [-0.25, -0.2) is 0 Å². The second-order valence-electron chi connectivity index (χ2n) is 9.75. The van der Waals surface area contributed by atoms with Crippen molar-refractivity contribution in [2.45, 2.75) is 50.6 Å². The second-order valence-corrected chi connectivity index (χ2v) is 9.75. The summed E-state index contributed by atoms with van der Waals surface area (Å²) in [5.41, 5.74) is 0.0627. The highest BCUT2D eigenvalue weighted by atomic mass is 16.6. The van der Waals surface area contributed by atoms with Crippen molar-refractivity contribution >= 4 is 23.4 Å². The zero-order chi connectivity index (χ0) is 26.8. The number of nitro benzene ring substituents is 1. The molecule has 0 unspecified atom stereocenters. The number of hydrogen-bond donors (Lipinski definition) is 1. The fourth-order valence-electron chi connectivity index (χ4n) is 5.46. The van der Waals surface area contributed by atoms with Crippen LogP contribution in [0.3, 0.4) is 0 Å². The van der Waals surface area contributed by atoms with E-state index in [9.17, 15) is 29.6 Å². The van der Waals surface area contributed by atoms with Gasteiger partial charge in [-0.2, -0.15) is 0 Å². The van der Waals surface area contributed by atoms with Crippen molar-refractivity contribution in [2.75, 3.05) is 0 Å². The Labute approximate surface area is 218 Å². The smallest absolute Gasteiger partial charge is 0.262 e. The van der Waals surface area contributed by atoms with Crippen LogP contribution in [0.1, 0.15) is 57.7 Å². The van der Waals surface area contributed by atoms with Gasteiger partial charge in [0.05, 0.1) is 22.3 Å². The number of rotatable bonds is 8. The molecule has 38 heavy (non-hydrogen) atoms. The lowest BCUT2D eigenvalue weighted by Gasteiger charge is -2.34. The maximum atomic E-state index is 13.8. The number of fused-ring (bicyclic) bond motifs is 1. The molecule has 2 aromatic carbocycles. The van der Waals surface area contributed by atoms with Crippen LogP contribution >= 0.6 is 0 Å². The van der Waals surface area contributed by atoms with E-state index in [1.807, 2.05) is 12.1 Å². The molecule has 10 heteroatoms. The van der Waals surface area contributed by atoms with Crippen molar-refractivity contribution in [2.24, 2.45) is 5.92 Å². The summed E-state index contributed by atoms with van der Waals surface area (Å²) in [5.74, 6) is -1.55. The van der Waals surface area contributed by atoms with E-state index in [1.165, 1.54) is 18.2 Å². The summed E-state index contributed by atoms with van der Waals surface area (Å²) in [6.07, 6.45) is 5.65. The van der Waals surface area contributed by atoms with Crippen molar-refractivity contribution < 1.29 is 28.8 Å². The molecule has 2 heterocycles. The number of amides is 3. The molecular formula is C28H26N3O7-. The van der Waals surface area contributed by atoms with Crippen LogP contribution in [0.15, 0.2) is 65.3 Å². The lowest BCUT2D eigenvalue weighted by atomic mass is 9.81. The van der Waals surface area contributed by atoms with E-state index < -0.39 is 40.1 Å². The Bertz CT molecular complexity index is 1350. The maximum Gasteiger partial charge on any atom is 0.262 e. The summed E-state index contributed by atoms with van der Waals surface area (Å²) < 4.78 is 5.51. The van der Waals surface area contributed by atoms with Gasteiger partial charge in [-0.3, -0.25) is 29.4 Å². The molecule has 2 aliphatic rings. The third-order valence-electron chi connectivity index (χ3n) is 7.37. The Kier molecular flexibility index (Phi) is 6.95. The summed E-state index contributed by atoms with van der Waals surface area (Å²) in [7, 11) is 0. The topological polar surface area (TPSA) is 146 Å². The van der Waals surface area contributed by atoms with E-state index in [0.717, 1.165) is 48.5 Å². The van der Waals surface area contributed by atoms with Gasteiger partial charge in [0.25, 0.3) is 17.5 Å². The number of benzene rings is 2. The van der Waals surface area contributed by atoms with Crippen LogP contribution in [-0.4, -0.2) is 39.6 Å². The molecule has 5 rings (SSSR count). The number of carbonyl (C=O) groups excluding carboxylic acids is 3. The lowest BCUT2D eigenvalue weighted by Crippen LogP contribution is -2.54. The van der Waals surface area contributed by atoms with E-state index in [1.54, 1.807) is 18.4 Å². The minimum atomic E-state index is -1.26. The molecule has 10 nitrogen and oxygen atoms in total. The number of hydrogen-bond acceptors (Lipinski definition) is 7. The van der Waals surface area contributed by atoms with E-state index in [-0.39, 0.29) is 29.5 Å². The van der Waals surface area contributed by atoms with Gasteiger partial charge in [-0.05, 0) is 54.3 Å². The highest BCUT2D eigenvalue weighted by Crippen LogP contribution is 2.31. The molecule has 3 atom stereocenters. The maximum absolute atomic E-state index is 13.8. The Morgan fingerprint density at radius 3 is 2.42 bits per heavy atom. The van der Waals surface area contributed by atoms with Gasteiger partial charge >= 0.3 is 0 Å². The van der Waals surface area contributed by atoms with Crippen LogP contribution in [-0.2, 0) is 17.6 Å². The fourth-order valence-corrected chi connectivity index (χ4v) is 5.46. The van der Waals surface area contributed by atoms with Crippen molar-refractivity contribution in [1.82, 2.24) is 10.2 Å². The first kappa shape index (κ1) is 25.2. The molecule has 3 aromatic rings. The zero-order valence-corrected chi connectivity index (χ0v) is 20.5. The van der Waals surface area contributed by atoms with Crippen LogP contribution in [0, 0.1) is 16.0 Å². The molecule has 1 aliphatic carbocycles. The Hall–Kier alpha value is -4.47. The molecule has 3 amide bonds. The molecule has 1 fully saturated rings. The molecule has 1 aromatic heterocycles. The first-order valence-corrected chi connectivity index (χ1v) is 12.6. The predicted octanol–water partition coefficient (Wildman–Crippen LogP) is 3.39. The van der Waals surface area contributed by atoms with E-state index >= 15 is 0 Å². The Morgan fingerprint density at radius 2 is 1.76 bits per heavy atom. The van der Waals surface area contributed by atoms with Crippen LogP contribution < -0.4 is 10.4 Å². The molecule has 0 saturated heterocycles. The minimum Gasteiger partial charge on any atom is -0.868 e. The Balaban J connectivity index is 1.45. The number of imide groups is 1. The normalized spacial score (nSPS) is 19.7. The zero-order valence-electron chi connectivity index (χ0n) is 20.5. The molecule has 196 valence electrons. The summed E-state index contributed by atoms with van der Waals surface area (Å²) in [5, 5.41) is 26.3. The Morgan fingerprint density at radius 1 is 1.05 bits per heavy atom. The number of nitro groups is 1. The quantitative estimate of drug-likeness (QED) is 0.274. The minimum absolute atomic E-state index is 0.113. The molecule has 1 aliphatic heterocycles. The van der Waals surface area contributed by atoms with Crippen molar-refractivity contribution in [3.8, 4) is 5.75 Å². The van der Waals surface area contributed by atoms with E-state index in [0.29, 0.717) is 12.0 Å². The molecule has 1 saturated carbocycles. The molecular weight excluding hydrogens is 490 g/mol. The predicted molar refractivity (Wildman–Crippen MR) is 133 cm³/mol. The summed E-state index contributed by atoms with van der Waals surface area (Å²) in [6, 6.07) is 12.1. The first-order chi connectivity index (χ1) is 18.3. The van der Waals surface area contributed by atoms with E-state index in [2.05, 4.69) is 5.32 Å². The highest BCUT2D eigenvalue weighted by molar-refractivity contribution is 6.22. The number of carbonyl (C=O) groups is 3. The third kappa shape index (κ3) is 4.89. The fraction of sp³-hybridized carbons (Fsp3) is 0.321. The number of nitrogens with zero attached hydrogens (tertiary/aromatic N) is 2. The SMILES string of the molecule is O=C(N[C@@H]1CCCC[C@@H]1Cc1ccco1)[C@H](Cc1ccc([O-])c([N+](=O)[O-])c1)N1C(=O)c2ccccc2C1=O. The average Bonchev–Trinajstić information content (AvgIpc) is 3.51. The van der Waals surface area contributed by atoms with Crippen molar-refractivity contribution in [3.63, 3.8) is 0 Å². The summed E-state index contributed by atoms with van der Waals surface area (Å²) >= 11 is 0. The largest absolute Gasteiger partial charge is 0.868 e. The molecule has 0 spiro atoms. The van der Waals surface area contributed by atoms with Crippen molar-refractivity contribution in [3.05, 3.63) is 93.4 Å². The van der Waals surface area contributed by atoms with Gasteiger partial charge < -0.3 is 14.8 Å². The van der Waals surface area contributed by atoms with Gasteiger partial charge in [0.2, 0.25) is 5.91 Å². The van der Waals surface area contributed by atoms with E-state index in [4.69, 9.17) is 4.42 Å². The van der Waals surface area contributed by atoms with Gasteiger partial charge in [0.15, 0.2) is 0 Å². The second kappa shape index (κ2) is 10.5. The monoisotopic (exact) mass is 516 g/mol. The number of nitrogens with one attached hydrogen (secondary N) is 1.